The van der Waals surface area contributed by atoms with E-state index in [-0.39, 0.29) is 5.82 Å². The van der Waals surface area contributed by atoms with Crippen molar-refractivity contribution in [1.82, 2.24) is 20.6 Å². The summed E-state index contributed by atoms with van der Waals surface area (Å²) in [5, 5.41) is 16.1. The van der Waals surface area contributed by atoms with Crippen LogP contribution >= 0.6 is 0 Å². The standard InChI is InChI=1S/C8H9FN6/c9-5-1-6(10)3-7(2-5)11-4-8-12-14-15-13-8/h1-3,11H,4,10H2,(H,12,13,14,15). The van der Waals surface area contributed by atoms with Crippen molar-refractivity contribution in [2.45, 2.75) is 6.54 Å². The predicted octanol–water partition coefficient (Wildman–Crippen LogP) is 0.533. The van der Waals surface area contributed by atoms with E-state index < -0.39 is 0 Å². The second-order valence-corrected chi connectivity index (χ2v) is 2.95. The Hall–Kier alpha value is -2.18. The molecule has 1 heterocycles. The molecule has 1 aromatic heterocycles. The summed E-state index contributed by atoms with van der Waals surface area (Å²) in [6.45, 7) is 0.361. The molecule has 6 nitrogen and oxygen atoms in total. The van der Waals surface area contributed by atoms with Crippen LogP contribution < -0.4 is 11.1 Å². The van der Waals surface area contributed by atoms with Crippen molar-refractivity contribution in [3.8, 4) is 0 Å². The summed E-state index contributed by atoms with van der Waals surface area (Å²) in [5.74, 6) is 0.114. The lowest BCUT2D eigenvalue weighted by Gasteiger charge is -2.04. The lowest BCUT2D eigenvalue weighted by atomic mass is 10.2. The molecule has 78 valence electrons. The number of nitrogens with one attached hydrogen (secondary N) is 2. The first kappa shape index (κ1) is 9.38. The van der Waals surface area contributed by atoms with Gasteiger partial charge in [-0.25, -0.2) is 4.39 Å². The number of aromatic amines is 1. The van der Waals surface area contributed by atoms with Crippen LogP contribution in [0, 0.1) is 5.82 Å². The fourth-order valence-corrected chi connectivity index (χ4v) is 1.15. The normalized spacial score (nSPS) is 10.2. The van der Waals surface area contributed by atoms with Crippen LogP contribution in [-0.2, 0) is 6.54 Å². The summed E-state index contributed by atoms with van der Waals surface area (Å²) in [5.41, 5.74) is 6.43. The van der Waals surface area contributed by atoms with Gasteiger partial charge in [-0.1, -0.05) is 5.21 Å². The highest BCUT2D eigenvalue weighted by molar-refractivity contribution is 5.54. The molecule has 1 aromatic carbocycles. The molecule has 0 spiro atoms. The van der Waals surface area contributed by atoms with E-state index in [1.165, 1.54) is 12.1 Å². The van der Waals surface area contributed by atoms with Gasteiger partial charge in [0.05, 0.1) is 6.54 Å². The average molecular weight is 208 g/mol. The maximum atomic E-state index is 12.9. The molecule has 0 bridgehead atoms. The molecule has 0 aliphatic carbocycles. The first-order valence-corrected chi connectivity index (χ1v) is 4.26. The van der Waals surface area contributed by atoms with Crippen LogP contribution in [0.25, 0.3) is 0 Å². The van der Waals surface area contributed by atoms with Gasteiger partial charge in [-0.2, -0.15) is 5.21 Å². The number of halogens is 1. The number of nitrogens with two attached hydrogens (primary N) is 1. The van der Waals surface area contributed by atoms with Gasteiger partial charge in [0.1, 0.15) is 5.82 Å². The summed E-state index contributed by atoms with van der Waals surface area (Å²) in [4.78, 5) is 0. The molecule has 2 aromatic rings. The van der Waals surface area contributed by atoms with E-state index >= 15 is 0 Å². The molecule has 0 unspecified atom stereocenters. The molecule has 0 amide bonds. The number of nitrogen functional groups attached to an aromatic ring is 1. The van der Waals surface area contributed by atoms with Crippen molar-refractivity contribution < 1.29 is 4.39 Å². The molecule has 15 heavy (non-hydrogen) atoms. The average Bonchev–Trinajstić information content (AvgIpc) is 2.65. The Balaban J connectivity index is 2.05. The van der Waals surface area contributed by atoms with Crippen molar-refractivity contribution in [3.05, 3.63) is 29.8 Å². The predicted molar refractivity (Wildman–Crippen MR) is 52.3 cm³/mol. The Morgan fingerprint density at radius 1 is 1.40 bits per heavy atom. The quantitative estimate of drug-likeness (QED) is 0.640. The second-order valence-electron chi connectivity index (χ2n) is 2.95. The van der Waals surface area contributed by atoms with Crippen LogP contribution in [0.4, 0.5) is 15.8 Å². The number of H-pyrrole nitrogens is 1. The zero-order valence-electron chi connectivity index (χ0n) is 7.74. The maximum absolute atomic E-state index is 12.9. The van der Waals surface area contributed by atoms with Gasteiger partial charge in [-0.3, -0.25) is 0 Å². The molecule has 0 saturated carbocycles. The molecule has 7 heteroatoms. The van der Waals surface area contributed by atoms with E-state index in [0.29, 0.717) is 23.7 Å². The van der Waals surface area contributed by atoms with Crippen molar-refractivity contribution in [3.63, 3.8) is 0 Å². The number of rotatable bonds is 3. The highest BCUT2D eigenvalue weighted by Crippen LogP contribution is 2.15. The zero-order chi connectivity index (χ0) is 10.7. The third-order valence-corrected chi connectivity index (χ3v) is 1.76. The molecule has 4 N–H and O–H groups in total. The van der Waals surface area contributed by atoms with Gasteiger partial charge >= 0.3 is 0 Å². The van der Waals surface area contributed by atoms with Gasteiger partial charge < -0.3 is 11.1 Å². The Bertz CT molecular complexity index is 420. The molecule has 0 aliphatic heterocycles. The minimum atomic E-state index is -0.384. The summed E-state index contributed by atoms with van der Waals surface area (Å²) in [6, 6.07) is 4.22. The summed E-state index contributed by atoms with van der Waals surface area (Å²) < 4.78 is 12.9. The number of benzene rings is 1. The fraction of sp³-hybridized carbons (Fsp3) is 0.125. The van der Waals surface area contributed by atoms with Crippen molar-refractivity contribution in [2.75, 3.05) is 11.1 Å². The zero-order valence-corrected chi connectivity index (χ0v) is 7.74. The van der Waals surface area contributed by atoms with Crippen LogP contribution in [0.2, 0.25) is 0 Å². The Morgan fingerprint density at radius 2 is 2.27 bits per heavy atom. The van der Waals surface area contributed by atoms with Gasteiger partial charge in [0.25, 0.3) is 0 Å². The Morgan fingerprint density at radius 3 is 2.93 bits per heavy atom. The number of aromatic nitrogens is 4. The number of nitrogens with zero attached hydrogens (tertiary/aromatic N) is 3. The number of tetrazole rings is 1. The Labute approximate surface area is 84.7 Å². The number of hydrogen-bond donors (Lipinski definition) is 3. The Kier molecular flexibility index (Phi) is 2.44. The number of hydrogen-bond acceptors (Lipinski definition) is 5. The van der Waals surface area contributed by atoms with E-state index in [4.69, 9.17) is 5.73 Å². The van der Waals surface area contributed by atoms with Crippen LogP contribution in [0.15, 0.2) is 18.2 Å². The van der Waals surface area contributed by atoms with Gasteiger partial charge in [-0.15, -0.1) is 10.2 Å². The van der Waals surface area contributed by atoms with Crippen LogP contribution in [0.5, 0.6) is 0 Å². The van der Waals surface area contributed by atoms with Gasteiger partial charge in [0, 0.05) is 11.4 Å². The van der Waals surface area contributed by atoms with E-state index in [1.807, 2.05) is 0 Å². The van der Waals surface area contributed by atoms with E-state index in [0.717, 1.165) is 0 Å². The molecular formula is C8H9FN6. The first-order chi connectivity index (χ1) is 7.24. The summed E-state index contributed by atoms with van der Waals surface area (Å²) in [7, 11) is 0. The van der Waals surface area contributed by atoms with Gasteiger partial charge in [0.2, 0.25) is 0 Å². The lowest BCUT2D eigenvalue weighted by molar-refractivity contribution is 0.629. The smallest absolute Gasteiger partial charge is 0.193 e. The third-order valence-electron chi connectivity index (χ3n) is 1.76. The van der Waals surface area contributed by atoms with E-state index in [9.17, 15) is 4.39 Å². The van der Waals surface area contributed by atoms with Crippen molar-refractivity contribution in [2.24, 2.45) is 0 Å². The highest BCUT2D eigenvalue weighted by atomic mass is 19.1. The summed E-state index contributed by atoms with van der Waals surface area (Å²) >= 11 is 0. The third kappa shape index (κ3) is 2.39. The largest absolute Gasteiger partial charge is 0.399 e. The SMILES string of the molecule is Nc1cc(F)cc(NCc2nn[nH]n2)c1. The maximum Gasteiger partial charge on any atom is 0.193 e. The number of anilines is 2. The molecule has 2 rings (SSSR count). The van der Waals surface area contributed by atoms with Gasteiger partial charge in [0.15, 0.2) is 5.82 Å². The first-order valence-electron chi connectivity index (χ1n) is 4.26. The van der Waals surface area contributed by atoms with Crippen molar-refractivity contribution in [1.29, 1.82) is 0 Å². The minimum absolute atomic E-state index is 0.361. The second kappa shape index (κ2) is 3.91. The van der Waals surface area contributed by atoms with E-state index in [1.54, 1.807) is 6.07 Å². The molecule has 0 atom stereocenters. The van der Waals surface area contributed by atoms with Crippen LogP contribution in [0.1, 0.15) is 5.82 Å². The topological polar surface area (TPSA) is 92.5 Å². The van der Waals surface area contributed by atoms with Crippen LogP contribution in [0.3, 0.4) is 0 Å². The van der Waals surface area contributed by atoms with Crippen LogP contribution in [-0.4, -0.2) is 20.6 Å². The summed E-state index contributed by atoms with van der Waals surface area (Å²) in [6.07, 6.45) is 0. The fourth-order valence-electron chi connectivity index (χ4n) is 1.15. The van der Waals surface area contributed by atoms with Gasteiger partial charge in [-0.05, 0) is 18.2 Å². The molecular weight excluding hydrogens is 199 g/mol. The van der Waals surface area contributed by atoms with Crippen molar-refractivity contribution >= 4 is 11.4 Å². The lowest BCUT2D eigenvalue weighted by Crippen LogP contribution is -2.02. The van der Waals surface area contributed by atoms with E-state index in [2.05, 4.69) is 25.9 Å². The highest BCUT2D eigenvalue weighted by Gasteiger charge is 2.00. The molecule has 0 saturated heterocycles. The molecule has 0 radical (unpaired) electrons. The monoisotopic (exact) mass is 208 g/mol. The minimum Gasteiger partial charge on any atom is -0.399 e. The molecule has 0 fully saturated rings. The molecule has 0 aliphatic rings.